The number of aromatic nitrogens is 2. The molecule has 0 aliphatic heterocycles. The number of carboxylic acid groups (broad SMARTS) is 1. The molecule has 0 unspecified atom stereocenters. The maximum absolute atomic E-state index is 11.5. The zero-order chi connectivity index (χ0) is 19.5. The van der Waals surface area contributed by atoms with Crippen molar-refractivity contribution in [3.05, 3.63) is 78.6 Å². The Labute approximate surface area is 162 Å². The molecule has 1 aromatic heterocycles. The Hall–Kier alpha value is -3.73. The number of carboxylic acids is 1. The van der Waals surface area contributed by atoms with Crippen LogP contribution < -0.4 is 5.32 Å². The predicted octanol–water partition coefficient (Wildman–Crippen LogP) is 5.09. The van der Waals surface area contributed by atoms with Gasteiger partial charge in [0.05, 0.1) is 11.2 Å². The van der Waals surface area contributed by atoms with Crippen molar-refractivity contribution in [1.29, 1.82) is 0 Å². The number of hydrogen-bond donors (Lipinski definition) is 2. The quantitative estimate of drug-likeness (QED) is 0.512. The molecule has 2 N–H and O–H groups in total. The van der Waals surface area contributed by atoms with Gasteiger partial charge in [-0.25, -0.2) is 14.8 Å². The number of nitrogens with one attached hydrogen (secondary N) is 1. The van der Waals surface area contributed by atoms with E-state index in [4.69, 9.17) is 0 Å². The van der Waals surface area contributed by atoms with E-state index in [-0.39, 0.29) is 5.82 Å². The number of carbonyl (C=O) groups is 1. The second-order valence-corrected chi connectivity index (χ2v) is 6.37. The van der Waals surface area contributed by atoms with Crippen LogP contribution in [-0.4, -0.2) is 27.6 Å². The summed E-state index contributed by atoms with van der Waals surface area (Å²) in [4.78, 5) is 20.1. The molecule has 0 radical (unpaired) electrons. The number of rotatable bonds is 5. The molecule has 3 aromatic carbocycles. The van der Waals surface area contributed by atoms with Crippen molar-refractivity contribution >= 4 is 22.6 Å². The lowest BCUT2D eigenvalue weighted by molar-refractivity contribution is 0.0684. The monoisotopic (exact) mass is 369 g/mol. The van der Waals surface area contributed by atoms with E-state index in [0.29, 0.717) is 11.2 Å². The van der Waals surface area contributed by atoms with Crippen LogP contribution in [0.1, 0.15) is 17.5 Å². The third-order valence-corrected chi connectivity index (χ3v) is 4.55. The first-order valence-electron chi connectivity index (χ1n) is 9.11. The van der Waals surface area contributed by atoms with Gasteiger partial charge in [-0.3, -0.25) is 0 Å². The van der Waals surface area contributed by atoms with Crippen LogP contribution in [0.2, 0.25) is 0 Å². The molecule has 1 heterocycles. The summed E-state index contributed by atoms with van der Waals surface area (Å²) in [7, 11) is 0. The molecule has 0 saturated carbocycles. The molecule has 0 aliphatic rings. The highest BCUT2D eigenvalue weighted by Gasteiger charge is 2.16. The van der Waals surface area contributed by atoms with E-state index in [0.717, 1.165) is 34.3 Å². The van der Waals surface area contributed by atoms with Crippen molar-refractivity contribution < 1.29 is 9.90 Å². The lowest BCUT2D eigenvalue weighted by atomic mass is 10.0. The molecule has 0 amide bonds. The highest BCUT2D eigenvalue weighted by atomic mass is 16.4. The molecule has 28 heavy (non-hydrogen) atoms. The fourth-order valence-corrected chi connectivity index (χ4v) is 3.28. The van der Waals surface area contributed by atoms with Gasteiger partial charge in [0.1, 0.15) is 0 Å². The minimum atomic E-state index is -1.14. The molecule has 5 heteroatoms. The SMILES string of the molecule is CCNc1cccc2nc(C(=O)O)nc(-c3ccc(-c4ccccc4)cc3)c12. The summed E-state index contributed by atoms with van der Waals surface area (Å²) in [5.74, 6) is -1.35. The van der Waals surface area contributed by atoms with Gasteiger partial charge in [0.2, 0.25) is 5.82 Å². The summed E-state index contributed by atoms with van der Waals surface area (Å²) in [5.41, 5.74) is 5.17. The van der Waals surface area contributed by atoms with Gasteiger partial charge < -0.3 is 10.4 Å². The first kappa shape index (κ1) is 17.7. The van der Waals surface area contributed by atoms with Crippen molar-refractivity contribution in [2.24, 2.45) is 0 Å². The molecule has 0 saturated heterocycles. The molecule has 0 fully saturated rings. The minimum absolute atomic E-state index is 0.205. The van der Waals surface area contributed by atoms with Crippen molar-refractivity contribution in [3.63, 3.8) is 0 Å². The average molecular weight is 369 g/mol. The summed E-state index contributed by atoms with van der Waals surface area (Å²) in [6.45, 7) is 2.76. The van der Waals surface area contributed by atoms with E-state index < -0.39 is 5.97 Å². The molecule has 0 aliphatic carbocycles. The molecule has 138 valence electrons. The summed E-state index contributed by atoms with van der Waals surface area (Å²) >= 11 is 0. The zero-order valence-corrected chi connectivity index (χ0v) is 15.4. The van der Waals surface area contributed by atoms with Crippen LogP contribution in [-0.2, 0) is 0 Å². The summed E-state index contributed by atoms with van der Waals surface area (Å²) < 4.78 is 0. The Morgan fingerprint density at radius 3 is 2.21 bits per heavy atom. The van der Waals surface area contributed by atoms with Crippen LogP contribution in [0.25, 0.3) is 33.3 Å². The normalized spacial score (nSPS) is 10.8. The highest BCUT2D eigenvalue weighted by Crippen LogP contribution is 2.33. The molecule has 0 bridgehead atoms. The van der Waals surface area contributed by atoms with Crippen molar-refractivity contribution in [2.75, 3.05) is 11.9 Å². The Kier molecular flexibility index (Phi) is 4.72. The molecule has 4 rings (SSSR count). The number of benzene rings is 3. The van der Waals surface area contributed by atoms with Crippen LogP contribution >= 0.6 is 0 Å². The number of anilines is 1. The van der Waals surface area contributed by atoms with Gasteiger partial charge in [-0.2, -0.15) is 0 Å². The van der Waals surface area contributed by atoms with Crippen LogP contribution in [0.15, 0.2) is 72.8 Å². The fourth-order valence-electron chi connectivity index (χ4n) is 3.28. The highest BCUT2D eigenvalue weighted by molar-refractivity contribution is 6.03. The molecule has 4 aromatic rings. The van der Waals surface area contributed by atoms with E-state index in [1.165, 1.54) is 0 Å². The van der Waals surface area contributed by atoms with E-state index in [2.05, 4.69) is 27.4 Å². The first-order valence-corrected chi connectivity index (χ1v) is 9.11. The summed E-state index contributed by atoms with van der Waals surface area (Å²) in [5, 5.41) is 13.6. The second kappa shape index (κ2) is 7.48. The Morgan fingerprint density at radius 2 is 1.54 bits per heavy atom. The van der Waals surface area contributed by atoms with E-state index in [9.17, 15) is 9.90 Å². The van der Waals surface area contributed by atoms with Crippen LogP contribution in [0.3, 0.4) is 0 Å². The van der Waals surface area contributed by atoms with E-state index in [1.807, 2.05) is 67.6 Å². The third kappa shape index (κ3) is 3.30. The first-order chi connectivity index (χ1) is 13.7. The number of nitrogens with zero attached hydrogens (tertiary/aromatic N) is 2. The van der Waals surface area contributed by atoms with Crippen LogP contribution in [0.5, 0.6) is 0 Å². The van der Waals surface area contributed by atoms with Gasteiger partial charge in [0.15, 0.2) is 0 Å². The lowest BCUT2D eigenvalue weighted by Gasteiger charge is -2.13. The van der Waals surface area contributed by atoms with Gasteiger partial charge in [-0.05, 0) is 30.2 Å². The largest absolute Gasteiger partial charge is 0.475 e. The maximum Gasteiger partial charge on any atom is 0.373 e. The molecular formula is C23H19N3O2. The van der Waals surface area contributed by atoms with E-state index >= 15 is 0 Å². The number of fused-ring (bicyclic) bond motifs is 1. The lowest BCUT2D eigenvalue weighted by Crippen LogP contribution is -2.07. The average Bonchev–Trinajstić information content (AvgIpc) is 2.74. The standard InChI is InChI=1S/C23H19N3O2/c1-2-24-18-9-6-10-19-20(18)21(26-22(25-19)23(27)28)17-13-11-16(12-14-17)15-7-4-3-5-8-15/h3-14,24H,2H2,1H3,(H,27,28). The second-order valence-electron chi connectivity index (χ2n) is 6.37. The van der Waals surface area contributed by atoms with Gasteiger partial charge in [0.25, 0.3) is 0 Å². The fraction of sp³-hybridized carbons (Fsp3) is 0.0870. The summed E-state index contributed by atoms with van der Waals surface area (Å²) in [6.07, 6.45) is 0. The van der Waals surface area contributed by atoms with Crippen molar-refractivity contribution in [1.82, 2.24) is 9.97 Å². The molecular weight excluding hydrogens is 350 g/mol. The Balaban J connectivity index is 1.90. The van der Waals surface area contributed by atoms with Gasteiger partial charge in [-0.1, -0.05) is 60.7 Å². The summed E-state index contributed by atoms with van der Waals surface area (Å²) in [6, 6.07) is 23.7. The third-order valence-electron chi connectivity index (χ3n) is 4.55. The van der Waals surface area contributed by atoms with Gasteiger partial charge in [-0.15, -0.1) is 0 Å². The smallest absolute Gasteiger partial charge is 0.373 e. The van der Waals surface area contributed by atoms with Crippen molar-refractivity contribution in [2.45, 2.75) is 6.92 Å². The van der Waals surface area contributed by atoms with Crippen molar-refractivity contribution in [3.8, 4) is 22.4 Å². The number of hydrogen-bond acceptors (Lipinski definition) is 4. The van der Waals surface area contributed by atoms with E-state index in [1.54, 1.807) is 0 Å². The molecule has 5 nitrogen and oxygen atoms in total. The Bertz CT molecular complexity index is 1140. The van der Waals surface area contributed by atoms with Gasteiger partial charge >= 0.3 is 5.97 Å². The van der Waals surface area contributed by atoms with Crippen LogP contribution in [0, 0.1) is 0 Å². The minimum Gasteiger partial charge on any atom is -0.475 e. The molecule has 0 spiro atoms. The predicted molar refractivity (Wildman–Crippen MR) is 112 cm³/mol. The zero-order valence-electron chi connectivity index (χ0n) is 15.4. The number of aromatic carboxylic acids is 1. The van der Waals surface area contributed by atoms with Crippen LogP contribution in [0.4, 0.5) is 5.69 Å². The maximum atomic E-state index is 11.5. The Morgan fingerprint density at radius 1 is 0.857 bits per heavy atom. The molecule has 0 atom stereocenters. The topological polar surface area (TPSA) is 75.1 Å². The van der Waals surface area contributed by atoms with Gasteiger partial charge in [0, 0.05) is 23.2 Å².